The zero-order valence-corrected chi connectivity index (χ0v) is 57.4. The van der Waals surface area contributed by atoms with E-state index < -0.39 is 144 Å². The van der Waals surface area contributed by atoms with Crippen LogP contribution in [0, 0.1) is 0 Å². The Morgan fingerprint density at radius 2 is 0.680 bits per heavy atom. The van der Waals surface area contributed by atoms with Crippen molar-refractivity contribution in [1.29, 1.82) is 0 Å². The van der Waals surface area contributed by atoms with Gasteiger partial charge in [0, 0.05) is 39.3 Å². The number of carbonyl (C=O) groups is 11. The van der Waals surface area contributed by atoms with Crippen molar-refractivity contribution in [3.8, 4) is 0 Å². The summed E-state index contributed by atoms with van der Waals surface area (Å²) in [6.45, 7) is 4.15. The molecule has 100 heavy (non-hydrogen) atoms. The first kappa shape index (κ1) is 88.3. The number of hydrogen-bond acceptors (Lipinski definition) is 21. The first-order valence-corrected chi connectivity index (χ1v) is 33.2. The summed E-state index contributed by atoms with van der Waals surface area (Å²) in [4.78, 5) is 174. The number of carboxylic acids is 1. The minimum absolute atomic E-state index is 0.00355. The molecule has 42 heteroatoms. The summed E-state index contributed by atoms with van der Waals surface area (Å²) in [6.07, 6.45) is -1.44. The number of aliphatic carboxylic acids is 1. The van der Waals surface area contributed by atoms with Crippen LogP contribution < -0.4 is 122 Å². The number of aliphatic hydroxyl groups excluding tert-OH is 2. The number of nitrogens with zero attached hydrogens (tertiary/aromatic N) is 6. The van der Waals surface area contributed by atoms with Gasteiger partial charge in [0.15, 0.2) is 35.8 Å². The number of hydrogen-bond donors (Lipinski definition) is 25. The number of unbranched alkanes of at least 4 members (excludes halogenated alkanes) is 2. The van der Waals surface area contributed by atoms with Crippen LogP contribution in [0.1, 0.15) is 136 Å². The second-order valence-electron chi connectivity index (χ2n) is 24.0. The number of guanidine groups is 5. The molecule has 0 aliphatic carbocycles. The van der Waals surface area contributed by atoms with E-state index in [1.54, 1.807) is 0 Å². The van der Waals surface area contributed by atoms with Gasteiger partial charge in [-0.05, 0) is 149 Å². The molecule has 1 heterocycles. The van der Waals surface area contributed by atoms with Crippen LogP contribution in [0.4, 0.5) is 0 Å². The second kappa shape index (κ2) is 48.1. The van der Waals surface area contributed by atoms with Crippen molar-refractivity contribution in [2.75, 3.05) is 52.4 Å². The van der Waals surface area contributed by atoms with Crippen molar-refractivity contribution in [2.45, 2.75) is 215 Å². The van der Waals surface area contributed by atoms with Gasteiger partial charge in [-0.25, -0.2) is 4.79 Å². The molecule has 0 aromatic heterocycles. The van der Waals surface area contributed by atoms with Crippen LogP contribution in [0.25, 0.3) is 0 Å². The lowest BCUT2D eigenvalue weighted by atomic mass is 10.0. The van der Waals surface area contributed by atoms with Crippen molar-refractivity contribution >= 4 is 94.8 Å². The number of aliphatic hydroxyl groups is 2. The Morgan fingerprint density at radius 1 is 0.400 bits per heavy atom. The molecule has 0 radical (unpaired) electrons. The van der Waals surface area contributed by atoms with E-state index in [4.69, 9.17) is 74.5 Å². The summed E-state index contributed by atoms with van der Waals surface area (Å²) in [5.74, 6) is -11.7. The van der Waals surface area contributed by atoms with Crippen molar-refractivity contribution < 1.29 is 68.1 Å². The van der Waals surface area contributed by atoms with Crippen LogP contribution in [0.3, 0.4) is 0 Å². The average molecular weight is 1430 g/mol. The average Bonchev–Trinajstić information content (AvgIpc) is 1.63. The molecule has 42 nitrogen and oxygen atoms in total. The molecule has 0 saturated carbocycles. The van der Waals surface area contributed by atoms with Gasteiger partial charge in [-0.15, -0.1) is 0 Å². The fraction of sp³-hybridized carbons (Fsp3) is 0.724. The summed E-state index contributed by atoms with van der Waals surface area (Å²) in [6, 6.07) is -15.8. The second-order valence-corrected chi connectivity index (χ2v) is 24.0. The maximum absolute atomic E-state index is 14.7. The van der Waals surface area contributed by atoms with E-state index in [1.807, 2.05) is 0 Å². The van der Waals surface area contributed by atoms with Crippen LogP contribution in [-0.2, 0) is 52.7 Å². The van der Waals surface area contributed by atoms with Crippen LogP contribution in [0.5, 0.6) is 0 Å². The summed E-state index contributed by atoms with van der Waals surface area (Å²) in [7, 11) is 0. The van der Waals surface area contributed by atoms with E-state index in [0.717, 1.165) is 6.92 Å². The van der Waals surface area contributed by atoms with Gasteiger partial charge in [-0.3, -0.25) is 72.9 Å². The molecule has 38 N–H and O–H groups in total. The van der Waals surface area contributed by atoms with Crippen LogP contribution in [0.15, 0.2) is 25.0 Å². The Bertz CT molecular complexity index is 2790. The molecule has 1 aliphatic heterocycles. The predicted octanol–water partition coefficient (Wildman–Crippen LogP) is -10.9. The van der Waals surface area contributed by atoms with Gasteiger partial charge in [0.2, 0.25) is 59.1 Å². The molecule has 1 saturated heterocycles. The van der Waals surface area contributed by atoms with E-state index >= 15 is 0 Å². The zero-order valence-electron chi connectivity index (χ0n) is 57.4. The first-order chi connectivity index (χ1) is 47.1. The molecule has 0 unspecified atom stereocenters. The zero-order chi connectivity index (χ0) is 75.6. The molecule has 0 spiro atoms. The van der Waals surface area contributed by atoms with Crippen molar-refractivity contribution in [3.05, 3.63) is 0 Å². The number of nitrogens with one attached hydrogen (secondary N) is 9. The maximum Gasteiger partial charge on any atom is 0.328 e. The summed E-state index contributed by atoms with van der Waals surface area (Å²) < 4.78 is 0. The summed E-state index contributed by atoms with van der Waals surface area (Å²) in [5, 5.41) is 53.0. The lowest BCUT2D eigenvalue weighted by Gasteiger charge is -2.29. The lowest BCUT2D eigenvalue weighted by Crippen LogP contribution is -2.60. The molecular weight excluding hydrogens is 1310 g/mol. The number of carboxylic acid groups (broad SMARTS) is 1. The molecule has 0 aromatic rings. The quantitative estimate of drug-likeness (QED) is 0.0153. The molecule has 1 fully saturated rings. The third-order valence-corrected chi connectivity index (χ3v) is 15.5. The molecule has 13 atom stereocenters. The topological polar surface area (TPSA) is 760 Å². The first-order valence-electron chi connectivity index (χ1n) is 33.2. The van der Waals surface area contributed by atoms with Crippen molar-refractivity contribution in [3.63, 3.8) is 0 Å². The van der Waals surface area contributed by atoms with Gasteiger partial charge in [0.25, 0.3) is 0 Å². The van der Waals surface area contributed by atoms with Gasteiger partial charge >= 0.3 is 5.97 Å². The Morgan fingerprint density at radius 3 is 0.960 bits per heavy atom. The smallest absolute Gasteiger partial charge is 0.328 e. The fourth-order valence-corrected chi connectivity index (χ4v) is 10.0. The Hall–Kier alpha value is -9.68. The Labute approximate surface area is 580 Å². The van der Waals surface area contributed by atoms with Gasteiger partial charge in [-0.2, -0.15) is 0 Å². The lowest BCUT2D eigenvalue weighted by molar-refractivity contribution is -0.145. The number of carbonyl (C=O) groups excluding carboxylic acids is 10. The largest absolute Gasteiger partial charge is 0.480 e. The van der Waals surface area contributed by atoms with Crippen LogP contribution in [-0.4, -0.2) is 246 Å². The normalized spacial score (nSPS) is 16.1. The standard InChI is InChI=1S/C58H112N28O14/c1-30(77-44(90)35(16-8-24-72-54(62)63)84-51(97)40-21-13-29-86(40)52(98)41(61)31(2)87)43(89)78-36(17-9-25-73-55(64)65)47(93)81-38(19-11-27-75-57(68)69)49(95)82-37(18-10-26-74-56(66)67)48(94)80-33(14-4-6-22-59)45(91)79-34(15-5-7-23-60)46(92)83-39(20-12-28-76-58(70)71)50(96)85-42(32(3)88)53(99)100/h30-42,87-88H,4-29,59-61H2,1-3H3,(H,77,90)(H,78,89)(H,79,91)(H,80,94)(H,81,93)(H,82,95)(H,83,92)(H,84,97)(H,85,96)(H,99,100)(H4,62,63,72)(H4,64,65,73)(H4,66,67,74)(H4,68,69,75)(H4,70,71,76)/t30-,31+,32+,33-,34-,35-,36-,37-,38-,39-,40-,41-,42-/m0/s1. The minimum atomic E-state index is -1.78. The number of amides is 10. The minimum Gasteiger partial charge on any atom is -0.480 e. The highest BCUT2D eigenvalue weighted by Crippen LogP contribution is 2.20. The molecule has 0 bridgehead atoms. The van der Waals surface area contributed by atoms with Crippen molar-refractivity contribution in [2.24, 2.45) is 99.5 Å². The molecular formula is C58H112N28O14. The van der Waals surface area contributed by atoms with Gasteiger partial charge in [-0.1, -0.05) is 0 Å². The monoisotopic (exact) mass is 1420 g/mol. The van der Waals surface area contributed by atoms with E-state index in [9.17, 15) is 68.1 Å². The van der Waals surface area contributed by atoms with Crippen LogP contribution >= 0.6 is 0 Å². The van der Waals surface area contributed by atoms with Gasteiger partial charge in [0.1, 0.15) is 60.4 Å². The maximum atomic E-state index is 14.7. The Balaban J connectivity index is 3.81. The molecule has 1 rings (SSSR count). The highest BCUT2D eigenvalue weighted by Gasteiger charge is 2.40. The number of rotatable bonds is 50. The van der Waals surface area contributed by atoms with E-state index in [-0.39, 0.29) is 178 Å². The predicted molar refractivity (Wildman–Crippen MR) is 372 cm³/mol. The highest BCUT2D eigenvalue weighted by molar-refractivity contribution is 5.99. The van der Waals surface area contributed by atoms with Gasteiger partial charge < -0.3 is 143 Å². The molecule has 0 aromatic carbocycles. The van der Waals surface area contributed by atoms with E-state index in [0.29, 0.717) is 19.3 Å². The molecule has 10 amide bonds. The highest BCUT2D eigenvalue weighted by atomic mass is 16.4. The van der Waals surface area contributed by atoms with Gasteiger partial charge in [0.05, 0.1) is 12.2 Å². The van der Waals surface area contributed by atoms with E-state index in [2.05, 4.69) is 72.8 Å². The van der Waals surface area contributed by atoms with E-state index in [1.165, 1.54) is 18.7 Å². The summed E-state index contributed by atoms with van der Waals surface area (Å²) >= 11 is 0. The third-order valence-electron chi connectivity index (χ3n) is 15.5. The Kier molecular flexibility index (Phi) is 42.5. The molecule has 568 valence electrons. The SMILES string of the molecule is C[C@H](NC(=O)[C@H](CCCN=C(N)N)NC(=O)[C@@H]1CCCN1C(=O)[C@@H](N)[C@@H](C)O)C(=O)N[C@@H](CCCN=C(N)N)C(=O)N[C@@H](CCCN=C(N)N)C(=O)N[C@@H](CCCN=C(N)N)C(=O)N[C@@H](CCCCN)C(=O)N[C@@H](CCCCN)C(=O)N[C@@H](CCCN=C(N)N)C(=O)N[C@H](C(=O)O)[C@@H](C)O. The number of likely N-dealkylation sites (tertiary alicyclic amines) is 1. The van der Waals surface area contributed by atoms with Crippen LogP contribution in [0.2, 0.25) is 0 Å². The number of aliphatic imine (C=N–C) groups is 5. The fourth-order valence-electron chi connectivity index (χ4n) is 10.0. The van der Waals surface area contributed by atoms with Crippen molar-refractivity contribution in [1.82, 2.24) is 52.8 Å². The summed E-state index contributed by atoms with van der Waals surface area (Å²) in [5.41, 5.74) is 72.9. The number of nitrogens with two attached hydrogens (primary N) is 13. The third kappa shape index (κ3) is 35.7. The molecule has 1 aliphatic rings.